The quantitative estimate of drug-likeness (QED) is 0.356. The van der Waals surface area contributed by atoms with Crippen molar-refractivity contribution in [3.05, 3.63) is 0 Å². The van der Waals surface area contributed by atoms with Crippen molar-refractivity contribution in [2.45, 2.75) is 6.92 Å². The molecular weight excluding hydrogens is 156 g/mol. The Bertz CT molecular complexity index is 145. The van der Waals surface area contributed by atoms with E-state index in [1.54, 1.807) is 6.92 Å². The average molecular weight is 163 g/mol. The maximum absolute atomic E-state index is 10.1. The molecule has 0 unspecified atom stereocenters. The Hall–Kier alpha value is -0.130. The first-order valence-corrected chi connectivity index (χ1v) is 3.96. The van der Waals surface area contributed by atoms with Gasteiger partial charge in [0.15, 0.2) is 0 Å². The van der Waals surface area contributed by atoms with E-state index in [1.807, 2.05) is 0 Å². The first kappa shape index (κ1) is 8.87. The molecule has 0 aromatic carbocycles. The molecule has 0 fully saturated rings. The summed E-state index contributed by atoms with van der Waals surface area (Å²) in [6.07, 6.45) is 0. The van der Waals surface area contributed by atoms with Crippen LogP contribution in [0.2, 0.25) is 0 Å². The highest BCUT2D eigenvalue weighted by Crippen LogP contribution is 1.99. The Labute approximate surface area is 64.2 Å². The van der Waals surface area contributed by atoms with Crippen LogP contribution in [0.5, 0.6) is 0 Å². The molecule has 50 valence electrons. The normalized spacial score (nSPS) is 7.78. The molecular formula is C6H7ClOS. The highest BCUT2D eigenvalue weighted by molar-refractivity contribution is 8.00. The second-order valence-electron chi connectivity index (χ2n) is 1.27. The molecule has 9 heavy (non-hydrogen) atoms. The van der Waals surface area contributed by atoms with E-state index in [9.17, 15) is 4.79 Å². The van der Waals surface area contributed by atoms with E-state index in [1.165, 1.54) is 11.8 Å². The Kier molecular flexibility index (Phi) is 5.91. The smallest absolute Gasteiger partial charge is 0.231 e. The molecule has 0 aliphatic rings. The largest absolute Gasteiger partial charge is 0.280 e. The van der Waals surface area contributed by atoms with E-state index in [2.05, 4.69) is 11.8 Å². The van der Waals surface area contributed by atoms with E-state index in [0.29, 0.717) is 11.5 Å². The van der Waals surface area contributed by atoms with Crippen LogP contribution >= 0.6 is 23.4 Å². The number of rotatable bonds is 3. The second-order valence-corrected chi connectivity index (χ2v) is 2.68. The van der Waals surface area contributed by atoms with Crippen LogP contribution in [0.1, 0.15) is 6.92 Å². The molecule has 0 saturated heterocycles. The summed E-state index contributed by atoms with van der Waals surface area (Å²) in [7, 11) is 0. The van der Waals surface area contributed by atoms with Crippen molar-refractivity contribution in [2.75, 3.05) is 11.5 Å². The molecule has 0 radical (unpaired) electrons. The fourth-order valence-electron chi connectivity index (χ4n) is 0.254. The standard InChI is InChI=1S/C6H7ClOS/c1-2-3-4-9-5-6(7)8/h4-5H2,1H3. The summed E-state index contributed by atoms with van der Waals surface area (Å²) < 4.78 is 0. The average Bonchev–Trinajstić information content (AvgIpc) is 1.80. The van der Waals surface area contributed by atoms with Gasteiger partial charge in [0.1, 0.15) is 0 Å². The van der Waals surface area contributed by atoms with Gasteiger partial charge in [0.2, 0.25) is 5.24 Å². The topological polar surface area (TPSA) is 17.1 Å². The molecule has 0 atom stereocenters. The van der Waals surface area contributed by atoms with Crippen LogP contribution in [0.15, 0.2) is 0 Å². The Morgan fingerprint density at radius 2 is 2.44 bits per heavy atom. The van der Waals surface area contributed by atoms with Gasteiger partial charge in [0.05, 0.1) is 11.5 Å². The molecule has 1 nitrogen and oxygen atoms in total. The van der Waals surface area contributed by atoms with Crippen LogP contribution < -0.4 is 0 Å². The summed E-state index contributed by atoms with van der Waals surface area (Å²) >= 11 is 6.48. The third-order valence-corrected chi connectivity index (χ3v) is 1.67. The van der Waals surface area contributed by atoms with Gasteiger partial charge in [0.25, 0.3) is 0 Å². The molecule has 0 bridgehead atoms. The molecule has 0 aromatic heterocycles. The van der Waals surface area contributed by atoms with Gasteiger partial charge in [-0.05, 0) is 18.5 Å². The number of hydrogen-bond donors (Lipinski definition) is 0. The maximum atomic E-state index is 10.1. The van der Waals surface area contributed by atoms with Crippen molar-refractivity contribution >= 4 is 28.6 Å². The van der Waals surface area contributed by atoms with Gasteiger partial charge >= 0.3 is 0 Å². The van der Waals surface area contributed by atoms with E-state index in [0.717, 1.165) is 0 Å². The lowest BCUT2D eigenvalue weighted by molar-refractivity contribution is -0.109. The van der Waals surface area contributed by atoms with Gasteiger partial charge in [-0.1, -0.05) is 5.92 Å². The molecule has 0 rings (SSSR count). The zero-order valence-corrected chi connectivity index (χ0v) is 6.68. The van der Waals surface area contributed by atoms with Crippen molar-refractivity contribution < 1.29 is 4.79 Å². The lowest BCUT2D eigenvalue weighted by Gasteiger charge is -1.85. The number of halogens is 1. The minimum absolute atomic E-state index is 0.307. The molecule has 0 saturated carbocycles. The highest BCUT2D eigenvalue weighted by Gasteiger charge is 1.92. The minimum Gasteiger partial charge on any atom is -0.280 e. The first-order chi connectivity index (χ1) is 4.27. The number of carbonyl (C=O) groups is 1. The fraction of sp³-hybridized carbons (Fsp3) is 0.500. The van der Waals surface area contributed by atoms with Crippen LogP contribution in [-0.4, -0.2) is 16.7 Å². The lowest BCUT2D eigenvalue weighted by atomic mass is 10.7. The summed E-state index contributed by atoms with van der Waals surface area (Å²) in [5, 5.41) is -0.307. The molecule has 0 aromatic rings. The second kappa shape index (κ2) is 6.00. The predicted molar refractivity (Wildman–Crippen MR) is 41.6 cm³/mol. The van der Waals surface area contributed by atoms with Crippen molar-refractivity contribution in [3.63, 3.8) is 0 Å². The minimum atomic E-state index is -0.307. The molecule has 0 N–H and O–H groups in total. The molecule has 3 heteroatoms. The molecule has 0 heterocycles. The molecule has 0 spiro atoms. The van der Waals surface area contributed by atoms with E-state index in [-0.39, 0.29) is 5.24 Å². The Morgan fingerprint density at radius 3 is 2.89 bits per heavy atom. The number of thioether (sulfide) groups is 1. The van der Waals surface area contributed by atoms with Gasteiger partial charge in [-0.15, -0.1) is 17.7 Å². The van der Waals surface area contributed by atoms with E-state index in [4.69, 9.17) is 11.6 Å². The van der Waals surface area contributed by atoms with Crippen LogP contribution in [0.25, 0.3) is 0 Å². The zero-order chi connectivity index (χ0) is 7.11. The highest BCUT2D eigenvalue weighted by atomic mass is 35.5. The molecule has 0 aliphatic heterocycles. The Balaban J connectivity index is 3.07. The number of carbonyl (C=O) groups excluding carboxylic acids is 1. The fourth-order valence-corrected chi connectivity index (χ4v) is 0.995. The van der Waals surface area contributed by atoms with Crippen molar-refractivity contribution in [3.8, 4) is 11.8 Å². The summed E-state index contributed by atoms with van der Waals surface area (Å²) in [5.41, 5.74) is 0. The summed E-state index contributed by atoms with van der Waals surface area (Å²) in [6.45, 7) is 1.77. The first-order valence-electron chi connectivity index (χ1n) is 2.43. The van der Waals surface area contributed by atoms with Gasteiger partial charge in [-0.25, -0.2) is 0 Å². The number of hydrogen-bond acceptors (Lipinski definition) is 2. The summed E-state index contributed by atoms with van der Waals surface area (Å²) in [6, 6.07) is 0. The summed E-state index contributed by atoms with van der Waals surface area (Å²) in [5.74, 6) is 6.57. The van der Waals surface area contributed by atoms with Crippen molar-refractivity contribution in [2.24, 2.45) is 0 Å². The zero-order valence-electron chi connectivity index (χ0n) is 5.11. The lowest BCUT2D eigenvalue weighted by Crippen LogP contribution is -1.89. The SMILES string of the molecule is CC#CCSCC(=O)Cl. The van der Waals surface area contributed by atoms with Crippen LogP contribution in [0, 0.1) is 11.8 Å². The predicted octanol–water partition coefficient (Wildman–Crippen LogP) is 1.51. The van der Waals surface area contributed by atoms with E-state index < -0.39 is 0 Å². The van der Waals surface area contributed by atoms with Gasteiger partial charge in [0, 0.05) is 0 Å². The maximum Gasteiger partial charge on any atom is 0.231 e. The van der Waals surface area contributed by atoms with Crippen LogP contribution in [0.3, 0.4) is 0 Å². The molecule has 0 aliphatic carbocycles. The van der Waals surface area contributed by atoms with E-state index >= 15 is 0 Å². The van der Waals surface area contributed by atoms with Crippen LogP contribution in [0.4, 0.5) is 0 Å². The van der Waals surface area contributed by atoms with Gasteiger partial charge in [-0.3, -0.25) is 4.79 Å². The third kappa shape index (κ3) is 7.87. The monoisotopic (exact) mass is 162 g/mol. The summed E-state index contributed by atoms with van der Waals surface area (Å²) in [4.78, 5) is 10.1. The third-order valence-electron chi connectivity index (χ3n) is 0.567. The van der Waals surface area contributed by atoms with Gasteiger partial charge in [-0.2, -0.15) is 0 Å². The van der Waals surface area contributed by atoms with Crippen LogP contribution in [-0.2, 0) is 4.79 Å². The molecule has 0 amide bonds. The van der Waals surface area contributed by atoms with Crippen molar-refractivity contribution in [1.82, 2.24) is 0 Å². The Morgan fingerprint density at radius 1 is 1.78 bits per heavy atom. The van der Waals surface area contributed by atoms with Crippen molar-refractivity contribution in [1.29, 1.82) is 0 Å². The van der Waals surface area contributed by atoms with Gasteiger partial charge < -0.3 is 0 Å².